The summed E-state index contributed by atoms with van der Waals surface area (Å²) < 4.78 is 47.7. The van der Waals surface area contributed by atoms with Gasteiger partial charge in [-0.15, -0.1) is 13.2 Å². The molecule has 8 heteroatoms. The van der Waals surface area contributed by atoms with Crippen molar-refractivity contribution in [3.8, 4) is 5.75 Å². The van der Waals surface area contributed by atoms with Gasteiger partial charge in [-0.3, -0.25) is 0 Å². The molecule has 0 saturated heterocycles. The van der Waals surface area contributed by atoms with Gasteiger partial charge in [0, 0.05) is 5.56 Å². The van der Waals surface area contributed by atoms with Crippen molar-refractivity contribution in [2.75, 3.05) is 0 Å². The van der Waals surface area contributed by atoms with E-state index >= 15 is 0 Å². The minimum absolute atomic E-state index is 0.00348. The molecular weight excluding hydrogens is 351 g/mol. The van der Waals surface area contributed by atoms with Gasteiger partial charge in [0.25, 0.3) is 0 Å². The van der Waals surface area contributed by atoms with Crippen LogP contribution in [-0.4, -0.2) is 29.3 Å². The van der Waals surface area contributed by atoms with Gasteiger partial charge in [0.05, 0.1) is 12.1 Å². The molecule has 5 nitrogen and oxygen atoms in total. The molecule has 2 N–H and O–H groups in total. The topological polar surface area (TPSA) is 67.8 Å². The Morgan fingerprint density at radius 1 is 1.27 bits per heavy atom. The Balaban J connectivity index is 2.21. The number of halogens is 3. The first kappa shape index (κ1) is 20.4. The van der Waals surface area contributed by atoms with Crippen molar-refractivity contribution in [3.05, 3.63) is 29.3 Å². The van der Waals surface area contributed by atoms with Crippen molar-refractivity contribution in [2.24, 2.45) is 0 Å². The average molecular weight is 375 g/mol. The summed E-state index contributed by atoms with van der Waals surface area (Å²) in [6.07, 6.45) is -4.97. The number of hydrogen-bond acceptors (Lipinski definition) is 4. The highest BCUT2D eigenvalue weighted by molar-refractivity contribution is 5.68. The van der Waals surface area contributed by atoms with Crippen LogP contribution in [0.4, 0.5) is 18.0 Å². The molecule has 26 heavy (non-hydrogen) atoms. The number of alkyl carbamates (subject to hydrolysis) is 1. The lowest BCUT2D eigenvalue weighted by Gasteiger charge is -2.32. The fraction of sp³-hybridized carbons (Fsp3) is 0.611. The normalized spacial score (nSPS) is 21.5. The molecule has 1 aromatic carbocycles. The summed E-state index contributed by atoms with van der Waals surface area (Å²) >= 11 is 0. The smallest absolute Gasteiger partial charge is 0.444 e. The number of benzene rings is 1. The van der Waals surface area contributed by atoms with Crippen LogP contribution < -0.4 is 10.1 Å². The first-order chi connectivity index (χ1) is 11.8. The minimum atomic E-state index is -4.85. The van der Waals surface area contributed by atoms with Gasteiger partial charge in [0.1, 0.15) is 11.4 Å². The zero-order chi connectivity index (χ0) is 19.7. The number of hydrogen-bond donors (Lipinski definition) is 2. The molecule has 0 aromatic heterocycles. The Labute approximate surface area is 150 Å². The number of nitrogens with one attached hydrogen (secondary N) is 1. The number of alkyl halides is 3. The van der Waals surface area contributed by atoms with Gasteiger partial charge in [-0.05, 0) is 58.1 Å². The summed E-state index contributed by atoms with van der Waals surface area (Å²) in [4.78, 5) is 11.9. The SMILES string of the molecule is C[C@H](NC(=O)OC(C)(C)C)c1ccc(C2CC(O)C2)cc1OC(F)(F)F. The van der Waals surface area contributed by atoms with E-state index in [2.05, 4.69) is 10.1 Å². The van der Waals surface area contributed by atoms with E-state index in [4.69, 9.17) is 4.74 Å². The van der Waals surface area contributed by atoms with E-state index in [1.165, 1.54) is 12.1 Å². The number of carbonyl (C=O) groups is 1. The molecule has 146 valence electrons. The third-order valence-corrected chi connectivity index (χ3v) is 4.05. The summed E-state index contributed by atoms with van der Waals surface area (Å²) in [7, 11) is 0. The zero-order valence-corrected chi connectivity index (χ0v) is 15.2. The number of carbonyl (C=O) groups excluding carboxylic acids is 1. The number of amides is 1. The maximum atomic E-state index is 12.8. The Hall–Kier alpha value is -1.96. The van der Waals surface area contributed by atoms with Crippen LogP contribution in [0.15, 0.2) is 18.2 Å². The van der Waals surface area contributed by atoms with Crippen LogP contribution >= 0.6 is 0 Å². The van der Waals surface area contributed by atoms with Crippen LogP contribution in [0.3, 0.4) is 0 Å². The molecule has 1 aliphatic rings. The molecule has 1 atom stereocenters. The van der Waals surface area contributed by atoms with Crippen LogP contribution in [0.5, 0.6) is 5.75 Å². The number of ether oxygens (including phenoxy) is 2. The summed E-state index contributed by atoms with van der Waals surface area (Å²) in [5, 5.41) is 11.9. The molecule has 1 saturated carbocycles. The average Bonchev–Trinajstić information content (AvgIpc) is 2.39. The van der Waals surface area contributed by atoms with Crippen molar-refractivity contribution in [1.29, 1.82) is 0 Å². The molecule has 0 bridgehead atoms. The van der Waals surface area contributed by atoms with E-state index in [0.29, 0.717) is 18.4 Å². The molecular formula is C18H24F3NO4. The second kappa shape index (κ2) is 7.34. The number of aliphatic hydroxyl groups excluding tert-OH is 1. The molecule has 1 fully saturated rings. The molecule has 0 spiro atoms. The predicted molar refractivity (Wildman–Crippen MR) is 88.9 cm³/mol. The molecule has 0 heterocycles. The van der Waals surface area contributed by atoms with E-state index < -0.39 is 30.2 Å². The van der Waals surface area contributed by atoms with E-state index in [9.17, 15) is 23.1 Å². The fourth-order valence-corrected chi connectivity index (χ4v) is 2.80. The molecule has 1 aliphatic carbocycles. The molecule has 0 aliphatic heterocycles. The zero-order valence-electron chi connectivity index (χ0n) is 15.2. The summed E-state index contributed by atoms with van der Waals surface area (Å²) in [6, 6.07) is 3.78. The van der Waals surface area contributed by atoms with Gasteiger partial charge in [0.2, 0.25) is 0 Å². The summed E-state index contributed by atoms with van der Waals surface area (Å²) in [6.45, 7) is 6.63. The molecule has 0 unspecified atom stereocenters. The van der Waals surface area contributed by atoms with Gasteiger partial charge in [-0.25, -0.2) is 4.79 Å². The minimum Gasteiger partial charge on any atom is -0.444 e. The largest absolute Gasteiger partial charge is 0.573 e. The second-order valence-corrected chi connectivity index (χ2v) is 7.54. The van der Waals surface area contributed by atoms with E-state index in [1.54, 1.807) is 33.8 Å². The van der Waals surface area contributed by atoms with Gasteiger partial charge >= 0.3 is 12.5 Å². The lowest BCUT2D eigenvalue weighted by atomic mass is 9.77. The summed E-state index contributed by atoms with van der Waals surface area (Å²) in [5.74, 6) is -0.358. The van der Waals surface area contributed by atoms with Crippen LogP contribution in [0.2, 0.25) is 0 Å². The van der Waals surface area contributed by atoms with Crippen LogP contribution in [-0.2, 0) is 4.74 Å². The Morgan fingerprint density at radius 3 is 2.38 bits per heavy atom. The lowest BCUT2D eigenvalue weighted by Crippen LogP contribution is -2.34. The van der Waals surface area contributed by atoms with E-state index in [0.717, 1.165) is 0 Å². The van der Waals surface area contributed by atoms with Crippen LogP contribution in [0.25, 0.3) is 0 Å². The monoisotopic (exact) mass is 375 g/mol. The number of rotatable bonds is 4. The van der Waals surface area contributed by atoms with Gasteiger partial charge in [0.15, 0.2) is 0 Å². The molecule has 2 rings (SSSR count). The maximum Gasteiger partial charge on any atom is 0.573 e. The molecule has 1 amide bonds. The van der Waals surface area contributed by atoms with Gasteiger partial charge < -0.3 is 19.9 Å². The van der Waals surface area contributed by atoms with E-state index in [-0.39, 0.29) is 17.2 Å². The van der Waals surface area contributed by atoms with Crippen molar-refractivity contribution in [2.45, 2.75) is 70.6 Å². The number of aliphatic hydroxyl groups is 1. The van der Waals surface area contributed by atoms with Crippen molar-refractivity contribution in [1.82, 2.24) is 5.32 Å². The molecule has 0 radical (unpaired) electrons. The highest BCUT2D eigenvalue weighted by Gasteiger charge is 2.35. The highest BCUT2D eigenvalue weighted by atomic mass is 19.4. The van der Waals surface area contributed by atoms with Gasteiger partial charge in [-0.2, -0.15) is 0 Å². The van der Waals surface area contributed by atoms with Gasteiger partial charge in [-0.1, -0.05) is 12.1 Å². The lowest BCUT2D eigenvalue weighted by molar-refractivity contribution is -0.275. The first-order valence-electron chi connectivity index (χ1n) is 8.41. The Morgan fingerprint density at radius 2 is 1.88 bits per heavy atom. The maximum absolute atomic E-state index is 12.8. The van der Waals surface area contributed by atoms with E-state index in [1.807, 2.05) is 0 Å². The third-order valence-electron chi connectivity index (χ3n) is 4.05. The predicted octanol–water partition coefficient (Wildman–Crippen LogP) is 4.41. The standard InChI is InChI=1S/C18H24F3NO4/c1-10(22-16(24)26-17(2,3)4)14-6-5-11(12-7-13(23)8-12)9-15(14)25-18(19,20)21/h5-6,9-10,12-13,23H,7-8H2,1-4H3,(H,22,24)/t10-,12?,13?/m0/s1. The third kappa shape index (κ3) is 5.79. The fourth-order valence-electron chi connectivity index (χ4n) is 2.80. The molecule has 1 aromatic rings. The van der Waals surface area contributed by atoms with Crippen LogP contribution in [0, 0.1) is 0 Å². The van der Waals surface area contributed by atoms with Crippen molar-refractivity contribution < 1.29 is 32.5 Å². The quantitative estimate of drug-likeness (QED) is 0.818. The Bertz CT molecular complexity index is 649. The summed E-state index contributed by atoms with van der Waals surface area (Å²) in [5.41, 5.74) is 0.142. The Kier molecular flexibility index (Phi) is 5.75. The van der Waals surface area contributed by atoms with Crippen molar-refractivity contribution in [3.63, 3.8) is 0 Å². The second-order valence-electron chi connectivity index (χ2n) is 7.54. The highest BCUT2D eigenvalue weighted by Crippen LogP contribution is 2.40. The first-order valence-corrected chi connectivity index (χ1v) is 8.41. The van der Waals surface area contributed by atoms with Crippen molar-refractivity contribution >= 4 is 6.09 Å². The van der Waals surface area contributed by atoms with Crippen LogP contribution in [0.1, 0.15) is 63.6 Å².